The summed E-state index contributed by atoms with van der Waals surface area (Å²) in [6, 6.07) is 13.6. The van der Waals surface area contributed by atoms with E-state index in [9.17, 15) is 19.5 Å². The molecule has 0 spiro atoms. The number of terminal acetylenes is 1. The molecule has 3 N–H and O–H groups in total. The Morgan fingerprint density at radius 1 is 1.06 bits per heavy atom. The van der Waals surface area contributed by atoms with Crippen molar-refractivity contribution in [3.05, 3.63) is 76.2 Å². The molecule has 0 bridgehead atoms. The molecule has 9 heteroatoms. The number of carboxylic acid groups (broad SMARTS) is 1. The quantitative estimate of drug-likeness (QED) is 0.398. The Morgan fingerprint density at radius 3 is 2.29 bits per heavy atom. The first-order valence-electron chi connectivity index (χ1n) is 10.9. The molecule has 1 heterocycles. The Balaban J connectivity index is 1.45. The number of amides is 2. The van der Waals surface area contributed by atoms with Gasteiger partial charge in [0, 0.05) is 29.8 Å². The van der Waals surface area contributed by atoms with Crippen LogP contribution in [0.2, 0.25) is 0 Å². The predicted molar refractivity (Wildman–Crippen MR) is 131 cm³/mol. The standard InChI is InChI=1S/C26H23N3O5S/c1-2-7-22(25(31)32)28-24(30)23(12-16-13-27-15-35-16)29-26(33)34-14-21-19-10-5-3-8-17(19)18-9-4-6-11-20(18)21/h1,3-6,8-11,13,15,21-23H,7,12,14H2,(H,28,30)(H,29,33)(H,31,32). The first kappa shape index (κ1) is 24.0. The van der Waals surface area contributed by atoms with Gasteiger partial charge in [-0.05, 0) is 22.3 Å². The third kappa shape index (κ3) is 5.50. The van der Waals surface area contributed by atoms with E-state index in [2.05, 4.69) is 21.5 Å². The first-order chi connectivity index (χ1) is 17.0. The minimum Gasteiger partial charge on any atom is -0.480 e. The molecule has 2 atom stereocenters. The van der Waals surface area contributed by atoms with Crippen molar-refractivity contribution in [1.29, 1.82) is 0 Å². The number of thiazole rings is 1. The van der Waals surface area contributed by atoms with Crippen LogP contribution < -0.4 is 10.6 Å². The highest BCUT2D eigenvalue weighted by molar-refractivity contribution is 7.09. The zero-order chi connectivity index (χ0) is 24.8. The fourth-order valence-electron chi connectivity index (χ4n) is 4.13. The summed E-state index contributed by atoms with van der Waals surface area (Å²) in [5.74, 6) is 0.174. The maximum Gasteiger partial charge on any atom is 0.407 e. The van der Waals surface area contributed by atoms with E-state index in [1.807, 2.05) is 48.5 Å². The Hall–Kier alpha value is -4.16. The van der Waals surface area contributed by atoms with Gasteiger partial charge < -0.3 is 20.5 Å². The highest BCUT2D eigenvalue weighted by Crippen LogP contribution is 2.44. The molecule has 4 rings (SSSR count). The summed E-state index contributed by atoms with van der Waals surface area (Å²) in [5.41, 5.74) is 5.95. The van der Waals surface area contributed by atoms with Crippen molar-refractivity contribution < 1.29 is 24.2 Å². The maximum atomic E-state index is 12.9. The molecule has 0 radical (unpaired) electrons. The number of nitrogens with zero attached hydrogens (tertiary/aromatic N) is 1. The number of aromatic nitrogens is 1. The Kier molecular flexibility index (Phi) is 7.43. The van der Waals surface area contributed by atoms with Gasteiger partial charge in [0.05, 0.1) is 5.51 Å². The highest BCUT2D eigenvalue weighted by Gasteiger charge is 2.31. The smallest absolute Gasteiger partial charge is 0.407 e. The van der Waals surface area contributed by atoms with E-state index >= 15 is 0 Å². The van der Waals surface area contributed by atoms with Crippen molar-refractivity contribution in [2.45, 2.75) is 30.8 Å². The molecule has 1 aliphatic carbocycles. The number of nitrogens with one attached hydrogen (secondary N) is 2. The first-order valence-corrected chi connectivity index (χ1v) is 11.8. The third-order valence-electron chi connectivity index (χ3n) is 5.78. The van der Waals surface area contributed by atoms with Crippen LogP contribution in [0.25, 0.3) is 11.1 Å². The summed E-state index contributed by atoms with van der Waals surface area (Å²) >= 11 is 1.32. The molecule has 0 saturated heterocycles. The normalized spacial score (nSPS) is 13.6. The second-order valence-electron chi connectivity index (χ2n) is 8.00. The molecule has 3 aromatic rings. The molecular weight excluding hydrogens is 466 g/mol. The number of alkyl carbamates (subject to hydrolysis) is 1. The van der Waals surface area contributed by atoms with E-state index in [1.54, 1.807) is 11.7 Å². The van der Waals surface area contributed by atoms with Crippen LogP contribution in [0.15, 0.2) is 60.2 Å². The van der Waals surface area contributed by atoms with Crippen molar-refractivity contribution in [2.24, 2.45) is 0 Å². The lowest BCUT2D eigenvalue weighted by Gasteiger charge is -2.21. The van der Waals surface area contributed by atoms with Gasteiger partial charge in [0.2, 0.25) is 5.91 Å². The molecule has 0 fully saturated rings. The largest absolute Gasteiger partial charge is 0.480 e. The molecule has 35 heavy (non-hydrogen) atoms. The zero-order valence-corrected chi connectivity index (χ0v) is 19.5. The van der Waals surface area contributed by atoms with Crippen LogP contribution in [0.1, 0.15) is 28.3 Å². The molecule has 2 unspecified atom stereocenters. The van der Waals surface area contributed by atoms with Crippen molar-refractivity contribution in [1.82, 2.24) is 15.6 Å². The SMILES string of the molecule is C#CCC(NC(=O)C(Cc1cncs1)NC(=O)OCC1c2ccccc2-c2ccccc21)C(=O)O. The molecule has 2 aromatic carbocycles. The van der Waals surface area contributed by atoms with Gasteiger partial charge in [0.1, 0.15) is 18.7 Å². The highest BCUT2D eigenvalue weighted by atomic mass is 32.1. The topological polar surface area (TPSA) is 118 Å². The summed E-state index contributed by atoms with van der Waals surface area (Å²) in [6.07, 6.45) is 5.97. The van der Waals surface area contributed by atoms with Gasteiger partial charge in [-0.15, -0.1) is 23.7 Å². The van der Waals surface area contributed by atoms with Gasteiger partial charge in [0.25, 0.3) is 0 Å². The van der Waals surface area contributed by atoms with E-state index in [0.717, 1.165) is 27.1 Å². The van der Waals surface area contributed by atoms with Gasteiger partial charge in [-0.25, -0.2) is 9.59 Å². The number of hydrogen-bond acceptors (Lipinski definition) is 6. The molecule has 0 aliphatic heterocycles. The number of fused-ring (bicyclic) bond motifs is 3. The van der Waals surface area contributed by atoms with Crippen LogP contribution in [0.4, 0.5) is 4.79 Å². The Bertz CT molecular complexity index is 1220. The van der Waals surface area contributed by atoms with Gasteiger partial charge in [0.15, 0.2) is 0 Å². The summed E-state index contributed by atoms with van der Waals surface area (Å²) < 4.78 is 5.55. The summed E-state index contributed by atoms with van der Waals surface area (Å²) in [5, 5.41) is 14.3. The number of ether oxygens (including phenoxy) is 1. The summed E-state index contributed by atoms with van der Waals surface area (Å²) in [6.45, 7) is 0.0869. The fourth-order valence-corrected chi connectivity index (χ4v) is 4.77. The van der Waals surface area contributed by atoms with Gasteiger partial charge >= 0.3 is 12.1 Å². The number of carbonyl (C=O) groups excluding carboxylic acids is 2. The summed E-state index contributed by atoms with van der Waals surface area (Å²) in [7, 11) is 0. The fraction of sp³-hybridized carbons (Fsp3) is 0.231. The van der Waals surface area contributed by atoms with Crippen LogP contribution in [0.3, 0.4) is 0 Å². The molecule has 1 aliphatic rings. The van der Waals surface area contributed by atoms with Crippen LogP contribution in [0, 0.1) is 12.3 Å². The number of carboxylic acids is 1. The van der Waals surface area contributed by atoms with Crippen molar-refractivity contribution >= 4 is 29.3 Å². The average Bonchev–Trinajstić information content (AvgIpc) is 3.48. The Morgan fingerprint density at radius 2 is 1.71 bits per heavy atom. The molecule has 1 aromatic heterocycles. The van der Waals surface area contributed by atoms with Gasteiger partial charge in [-0.2, -0.15) is 0 Å². The van der Waals surface area contributed by atoms with E-state index in [4.69, 9.17) is 11.2 Å². The van der Waals surface area contributed by atoms with Crippen LogP contribution in [-0.2, 0) is 20.7 Å². The Labute approximate surface area is 206 Å². The number of benzene rings is 2. The second-order valence-corrected chi connectivity index (χ2v) is 8.97. The summed E-state index contributed by atoms with van der Waals surface area (Å²) in [4.78, 5) is 41.7. The number of hydrogen-bond donors (Lipinski definition) is 3. The zero-order valence-electron chi connectivity index (χ0n) is 18.6. The molecule has 8 nitrogen and oxygen atoms in total. The van der Waals surface area contributed by atoms with Crippen LogP contribution >= 0.6 is 11.3 Å². The van der Waals surface area contributed by atoms with Crippen molar-refractivity contribution in [3.8, 4) is 23.5 Å². The van der Waals surface area contributed by atoms with E-state index in [0.29, 0.717) is 0 Å². The lowest BCUT2D eigenvalue weighted by Crippen LogP contribution is -2.52. The van der Waals surface area contributed by atoms with Crippen molar-refractivity contribution in [2.75, 3.05) is 6.61 Å². The van der Waals surface area contributed by atoms with Gasteiger partial charge in [-0.1, -0.05) is 48.5 Å². The van der Waals surface area contributed by atoms with Gasteiger partial charge in [-0.3, -0.25) is 9.78 Å². The third-order valence-corrected chi connectivity index (χ3v) is 6.58. The second kappa shape index (κ2) is 10.8. The van der Waals surface area contributed by atoms with E-state index in [-0.39, 0.29) is 25.4 Å². The molecule has 178 valence electrons. The number of carbonyl (C=O) groups is 3. The lowest BCUT2D eigenvalue weighted by atomic mass is 9.98. The van der Waals surface area contributed by atoms with Crippen LogP contribution in [0.5, 0.6) is 0 Å². The lowest BCUT2D eigenvalue weighted by molar-refractivity contribution is -0.141. The maximum absolute atomic E-state index is 12.9. The molecular formula is C26H23N3O5S. The van der Waals surface area contributed by atoms with E-state index in [1.165, 1.54) is 11.3 Å². The average molecular weight is 490 g/mol. The van der Waals surface area contributed by atoms with Crippen LogP contribution in [-0.4, -0.2) is 46.8 Å². The number of rotatable bonds is 9. The molecule has 0 saturated carbocycles. The predicted octanol–water partition coefficient (Wildman–Crippen LogP) is 3.19. The van der Waals surface area contributed by atoms with Crippen molar-refractivity contribution in [3.63, 3.8) is 0 Å². The molecule has 2 amide bonds. The monoisotopic (exact) mass is 489 g/mol. The minimum absolute atomic E-state index is 0.0869. The number of aliphatic carboxylic acids is 1. The minimum atomic E-state index is -1.26. The van der Waals surface area contributed by atoms with E-state index < -0.39 is 30.1 Å².